The molecule has 3 rings (SSSR count). The number of nitrogens with zero attached hydrogens (tertiary/aromatic N) is 3. The van der Waals surface area contributed by atoms with E-state index in [-0.39, 0.29) is 18.5 Å². The number of rotatable bonds is 9. The van der Waals surface area contributed by atoms with E-state index in [1.165, 1.54) is 4.90 Å². The lowest BCUT2D eigenvalue weighted by molar-refractivity contribution is -0.121. The zero-order valence-corrected chi connectivity index (χ0v) is 17.9. The van der Waals surface area contributed by atoms with Gasteiger partial charge in [-0.1, -0.05) is 35.5 Å². The fourth-order valence-electron chi connectivity index (χ4n) is 3.13. The van der Waals surface area contributed by atoms with Gasteiger partial charge in [-0.25, -0.2) is 4.79 Å². The highest BCUT2D eigenvalue weighted by molar-refractivity contribution is 6.00. The number of esters is 1. The van der Waals surface area contributed by atoms with Gasteiger partial charge in [0.05, 0.1) is 19.1 Å². The predicted octanol–water partition coefficient (Wildman–Crippen LogP) is 4.15. The molecule has 0 atom stereocenters. The summed E-state index contributed by atoms with van der Waals surface area (Å²) in [6.07, 6.45) is 0.135. The maximum Gasteiger partial charge on any atom is 0.344 e. The number of amides is 1. The van der Waals surface area contributed by atoms with Crippen LogP contribution in [-0.4, -0.2) is 36.8 Å². The van der Waals surface area contributed by atoms with Gasteiger partial charge in [0.2, 0.25) is 0 Å². The zero-order valence-electron chi connectivity index (χ0n) is 17.9. The van der Waals surface area contributed by atoms with Crippen molar-refractivity contribution in [1.29, 1.82) is 5.26 Å². The second-order valence-electron chi connectivity index (χ2n) is 6.78. The monoisotopic (exact) mass is 433 g/mol. The molecular weight excluding hydrogens is 410 g/mol. The summed E-state index contributed by atoms with van der Waals surface area (Å²) in [5, 5.41) is 12.9. The molecule has 0 aliphatic heterocycles. The minimum Gasteiger partial charge on any atom is -0.494 e. The summed E-state index contributed by atoms with van der Waals surface area (Å²) < 4.78 is 15.9. The summed E-state index contributed by atoms with van der Waals surface area (Å²) in [5.74, 6) is -0.183. The number of benzene rings is 2. The van der Waals surface area contributed by atoms with E-state index < -0.39 is 18.5 Å². The van der Waals surface area contributed by atoms with Crippen LogP contribution in [0, 0.1) is 18.3 Å². The summed E-state index contributed by atoms with van der Waals surface area (Å²) in [7, 11) is 0. The highest BCUT2D eigenvalue weighted by Crippen LogP contribution is 2.26. The fraction of sp³-hybridized carbons (Fsp3) is 0.250. The maximum absolute atomic E-state index is 12.8. The van der Waals surface area contributed by atoms with Crippen LogP contribution in [0.3, 0.4) is 0 Å². The van der Waals surface area contributed by atoms with Crippen molar-refractivity contribution in [3.63, 3.8) is 0 Å². The Morgan fingerprint density at radius 2 is 1.84 bits per heavy atom. The molecule has 8 heteroatoms. The first-order valence-electron chi connectivity index (χ1n) is 10.1. The van der Waals surface area contributed by atoms with Crippen LogP contribution >= 0.6 is 0 Å². The van der Waals surface area contributed by atoms with Crippen molar-refractivity contribution in [1.82, 2.24) is 5.16 Å². The highest BCUT2D eigenvalue weighted by Gasteiger charge is 2.25. The van der Waals surface area contributed by atoms with Gasteiger partial charge in [-0.2, -0.15) is 5.26 Å². The molecule has 3 aromatic rings. The number of carbonyl (C=O) groups excluding carboxylic acids is 2. The van der Waals surface area contributed by atoms with Gasteiger partial charge >= 0.3 is 5.97 Å². The third kappa shape index (κ3) is 5.32. The maximum atomic E-state index is 12.8. The van der Waals surface area contributed by atoms with Crippen molar-refractivity contribution in [2.45, 2.75) is 20.3 Å². The highest BCUT2D eigenvalue weighted by atomic mass is 16.5. The Bertz CT molecular complexity index is 1100. The Balaban J connectivity index is 1.73. The molecule has 0 aliphatic carbocycles. The molecule has 0 radical (unpaired) electrons. The van der Waals surface area contributed by atoms with Gasteiger partial charge in [-0.3, -0.25) is 4.79 Å². The summed E-state index contributed by atoms with van der Waals surface area (Å²) in [5.41, 5.74) is 1.81. The third-order valence-corrected chi connectivity index (χ3v) is 4.65. The molecule has 1 amide bonds. The molecule has 0 unspecified atom stereocenters. The quantitative estimate of drug-likeness (QED) is 0.467. The van der Waals surface area contributed by atoms with Crippen molar-refractivity contribution < 1.29 is 23.6 Å². The summed E-state index contributed by atoms with van der Waals surface area (Å²) in [6.45, 7) is 3.70. The average molecular weight is 433 g/mol. The summed E-state index contributed by atoms with van der Waals surface area (Å²) in [4.78, 5) is 27.0. The fourth-order valence-corrected chi connectivity index (χ4v) is 3.13. The van der Waals surface area contributed by atoms with Gasteiger partial charge in [0, 0.05) is 17.8 Å². The molecule has 32 heavy (non-hydrogen) atoms. The number of hydrogen-bond acceptors (Lipinski definition) is 7. The molecule has 0 saturated carbocycles. The van der Waals surface area contributed by atoms with E-state index in [0.29, 0.717) is 35.1 Å². The van der Waals surface area contributed by atoms with Crippen LogP contribution in [-0.2, 0) is 9.53 Å². The number of carbonyl (C=O) groups is 2. The van der Waals surface area contributed by atoms with Gasteiger partial charge in [0.1, 0.15) is 22.8 Å². The Hall–Kier alpha value is -4.12. The summed E-state index contributed by atoms with van der Waals surface area (Å²) >= 11 is 0. The Morgan fingerprint density at radius 1 is 1.12 bits per heavy atom. The van der Waals surface area contributed by atoms with Crippen LogP contribution in [0.15, 0.2) is 59.1 Å². The molecule has 1 heterocycles. The van der Waals surface area contributed by atoms with E-state index in [1.807, 2.05) is 31.2 Å². The second-order valence-corrected chi connectivity index (χ2v) is 6.78. The van der Waals surface area contributed by atoms with Crippen LogP contribution in [0.4, 0.5) is 5.69 Å². The molecule has 0 fully saturated rings. The van der Waals surface area contributed by atoms with Gasteiger partial charge < -0.3 is 18.9 Å². The van der Waals surface area contributed by atoms with Crippen LogP contribution in [0.1, 0.15) is 29.5 Å². The molecular formula is C24H23N3O5. The number of ether oxygens (including phenoxy) is 2. The number of aromatic nitrogens is 1. The molecule has 8 nitrogen and oxygen atoms in total. The van der Waals surface area contributed by atoms with E-state index in [9.17, 15) is 9.59 Å². The normalized spacial score (nSPS) is 10.3. The molecule has 0 spiro atoms. The Morgan fingerprint density at radius 3 is 2.50 bits per heavy atom. The number of hydrogen-bond donors (Lipinski definition) is 0. The third-order valence-electron chi connectivity index (χ3n) is 4.65. The lowest BCUT2D eigenvalue weighted by Gasteiger charge is -2.22. The van der Waals surface area contributed by atoms with E-state index in [4.69, 9.17) is 19.3 Å². The van der Waals surface area contributed by atoms with Crippen LogP contribution in [0.2, 0.25) is 0 Å². The van der Waals surface area contributed by atoms with Gasteiger partial charge in [-0.15, -0.1) is 0 Å². The molecule has 1 aromatic heterocycles. The van der Waals surface area contributed by atoms with E-state index in [0.717, 1.165) is 0 Å². The first-order valence-corrected chi connectivity index (χ1v) is 10.1. The molecule has 0 aliphatic rings. The number of nitriles is 1. The Kier molecular flexibility index (Phi) is 7.60. The first kappa shape index (κ1) is 22.6. The van der Waals surface area contributed by atoms with Gasteiger partial charge in [0.25, 0.3) is 5.91 Å². The lowest BCUT2D eigenvalue weighted by Crippen LogP contribution is -2.35. The number of anilines is 1. The molecule has 0 N–H and O–H groups in total. The lowest BCUT2D eigenvalue weighted by atomic mass is 10.1. The van der Waals surface area contributed by atoms with Crippen molar-refractivity contribution in [3.05, 3.63) is 65.9 Å². The predicted molar refractivity (Wildman–Crippen MR) is 117 cm³/mol. The first-order chi connectivity index (χ1) is 15.5. The second kappa shape index (κ2) is 10.8. The molecule has 0 saturated heterocycles. The van der Waals surface area contributed by atoms with Crippen molar-refractivity contribution >= 4 is 17.6 Å². The topological polar surface area (TPSA) is 106 Å². The van der Waals surface area contributed by atoms with Crippen LogP contribution in [0.25, 0.3) is 11.3 Å². The molecule has 164 valence electrons. The van der Waals surface area contributed by atoms with Crippen molar-refractivity contribution in [3.8, 4) is 23.1 Å². The SMILES string of the molecule is CCOc1ccc(N(CCC#N)C(=O)COC(=O)c2c(-c3ccccc3)noc2C)cc1. The van der Waals surface area contributed by atoms with Crippen LogP contribution in [0.5, 0.6) is 5.75 Å². The standard InChI is InChI=1S/C24H23N3O5/c1-3-30-20-12-10-19(11-13-20)27(15-7-14-25)21(28)16-31-24(29)22-17(2)32-26-23(22)18-8-5-4-6-9-18/h4-6,8-13H,3,7,15-16H2,1-2H3. The van der Waals surface area contributed by atoms with Crippen LogP contribution < -0.4 is 9.64 Å². The minimum atomic E-state index is -0.706. The summed E-state index contributed by atoms with van der Waals surface area (Å²) in [6, 6.07) is 18.0. The molecule has 0 bridgehead atoms. The van der Waals surface area contributed by atoms with Gasteiger partial charge in [-0.05, 0) is 38.1 Å². The largest absolute Gasteiger partial charge is 0.494 e. The average Bonchev–Trinajstić information content (AvgIpc) is 3.21. The van der Waals surface area contributed by atoms with Gasteiger partial charge in [0.15, 0.2) is 6.61 Å². The smallest absolute Gasteiger partial charge is 0.344 e. The minimum absolute atomic E-state index is 0.135. The molecule has 2 aromatic carbocycles. The Labute approximate surface area is 185 Å². The van der Waals surface area contributed by atoms with E-state index in [2.05, 4.69) is 5.16 Å². The number of aryl methyl sites for hydroxylation is 1. The van der Waals surface area contributed by atoms with E-state index in [1.54, 1.807) is 43.3 Å². The van der Waals surface area contributed by atoms with Crippen molar-refractivity contribution in [2.24, 2.45) is 0 Å². The zero-order chi connectivity index (χ0) is 22.9. The van der Waals surface area contributed by atoms with Crippen molar-refractivity contribution in [2.75, 3.05) is 24.7 Å². The van der Waals surface area contributed by atoms with E-state index >= 15 is 0 Å².